The molecule has 0 aliphatic carbocycles. The third kappa shape index (κ3) is 3.07. The first-order chi connectivity index (χ1) is 10.1. The summed E-state index contributed by atoms with van der Waals surface area (Å²) in [7, 11) is 0. The molecule has 0 saturated heterocycles. The Morgan fingerprint density at radius 2 is 2.33 bits per heavy atom. The van der Waals surface area contributed by atoms with Crippen LogP contribution in [-0.4, -0.2) is 31.3 Å². The highest BCUT2D eigenvalue weighted by Gasteiger charge is 2.28. The number of hydrogen-bond donors (Lipinski definition) is 1. The Bertz CT molecular complexity index is 633. The van der Waals surface area contributed by atoms with Crippen molar-refractivity contribution in [2.24, 2.45) is 5.92 Å². The second-order valence-corrected chi connectivity index (χ2v) is 6.59. The molecule has 1 N–H and O–H groups in total. The first-order valence-electron chi connectivity index (χ1n) is 6.86. The Morgan fingerprint density at radius 3 is 3.10 bits per heavy atom. The van der Waals surface area contributed by atoms with Gasteiger partial charge in [0.15, 0.2) is 5.82 Å². The molecule has 0 fully saturated rings. The van der Waals surface area contributed by atoms with Crippen molar-refractivity contribution < 1.29 is 9.90 Å². The van der Waals surface area contributed by atoms with Crippen LogP contribution in [0.15, 0.2) is 29.2 Å². The minimum atomic E-state index is -0.792. The van der Waals surface area contributed by atoms with E-state index in [0.717, 1.165) is 12.2 Å². The lowest BCUT2D eigenvalue weighted by Gasteiger charge is -2.12. The standard InChI is InChI=1S/C14H16N4O2S/c1-9(6-13(19)20)8-18-14(15-16-17-18)12-7-10-4-2-3-5-11(10)21-12/h2-5,9,12H,6-8H2,1H3,(H,19,20). The molecule has 3 rings (SSSR count). The van der Waals surface area contributed by atoms with Gasteiger partial charge in [0.05, 0.1) is 5.25 Å². The van der Waals surface area contributed by atoms with Crippen LogP contribution in [0.4, 0.5) is 0 Å². The minimum Gasteiger partial charge on any atom is -0.481 e. The maximum Gasteiger partial charge on any atom is 0.303 e. The van der Waals surface area contributed by atoms with Crippen LogP contribution < -0.4 is 0 Å². The van der Waals surface area contributed by atoms with Gasteiger partial charge in [-0.2, -0.15) is 0 Å². The number of fused-ring (bicyclic) bond motifs is 1. The van der Waals surface area contributed by atoms with E-state index in [1.165, 1.54) is 10.5 Å². The molecule has 0 amide bonds. The van der Waals surface area contributed by atoms with Gasteiger partial charge >= 0.3 is 5.97 Å². The average Bonchev–Trinajstić information content (AvgIpc) is 3.02. The summed E-state index contributed by atoms with van der Waals surface area (Å²) in [6.07, 6.45) is 1.03. The zero-order valence-corrected chi connectivity index (χ0v) is 12.5. The van der Waals surface area contributed by atoms with Crippen molar-refractivity contribution in [2.75, 3.05) is 0 Å². The van der Waals surface area contributed by atoms with E-state index in [2.05, 4.69) is 27.7 Å². The van der Waals surface area contributed by atoms with Gasteiger partial charge in [0.1, 0.15) is 0 Å². The summed E-state index contributed by atoms with van der Waals surface area (Å²) in [5, 5.41) is 21.0. The lowest BCUT2D eigenvalue weighted by Crippen LogP contribution is -2.16. The van der Waals surface area contributed by atoms with Crippen LogP contribution in [0.5, 0.6) is 0 Å². The van der Waals surface area contributed by atoms with Gasteiger partial charge in [0.2, 0.25) is 0 Å². The highest BCUT2D eigenvalue weighted by molar-refractivity contribution is 7.99. The lowest BCUT2D eigenvalue weighted by atomic mass is 10.1. The number of benzene rings is 1. The van der Waals surface area contributed by atoms with Gasteiger partial charge in [-0.1, -0.05) is 25.1 Å². The number of rotatable bonds is 5. The van der Waals surface area contributed by atoms with Crippen LogP contribution in [0.2, 0.25) is 0 Å². The van der Waals surface area contributed by atoms with E-state index >= 15 is 0 Å². The number of tetrazole rings is 1. The second kappa shape index (κ2) is 5.85. The molecule has 6 nitrogen and oxygen atoms in total. The molecule has 0 spiro atoms. The topological polar surface area (TPSA) is 80.9 Å². The molecule has 21 heavy (non-hydrogen) atoms. The third-order valence-electron chi connectivity index (χ3n) is 3.50. The molecule has 2 atom stereocenters. The fourth-order valence-electron chi connectivity index (χ4n) is 2.56. The third-order valence-corrected chi connectivity index (χ3v) is 4.82. The quantitative estimate of drug-likeness (QED) is 0.912. The molecule has 0 bridgehead atoms. The second-order valence-electron chi connectivity index (χ2n) is 5.34. The predicted molar refractivity (Wildman–Crippen MR) is 78.0 cm³/mol. The summed E-state index contributed by atoms with van der Waals surface area (Å²) >= 11 is 1.77. The van der Waals surface area contributed by atoms with Crippen molar-refractivity contribution in [3.05, 3.63) is 35.7 Å². The molecule has 0 saturated carbocycles. The molecule has 2 aromatic rings. The molecular formula is C14H16N4O2S. The van der Waals surface area contributed by atoms with Gasteiger partial charge in [-0.05, 0) is 34.4 Å². The number of aliphatic carboxylic acids is 1. The van der Waals surface area contributed by atoms with E-state index in [4.69, 9.17) is 5.11 Å². The van der Waals surface area contributed by atoms with Gasteiger partial charge < -0.3 is 5.11 Å². The monoisotopic (exact) mass is 304 g/mol. The molecule has 2 heterocycles. The summed E-state index contributed by atoms with van der Waals surface area (Å²) in [5.41, 5.74) is 1.32. The van der Waals surface area contributed by atoms with Crippen molar-refractivity contribution in [3.8, 4) is 0 Å². The summed E-state index contributed by atoms with van der Waals surface area (Å²) in [6.45, 7) is 2.43. The fourth-order valence-corrected chi connectivity index (χ4v) is 3.86. The van der Waals surface area contributed by atoms with E-state index in [9.17, 15) is 4.79 Å². The summed E-state index contributed by atoms with van der Waals surface area (Å²) in [5.74, 6) is 0.0340. The number of carboxylic acid groups (broad SMARTS) is 1. The average molecular weight is 304 g/mol. The Balaban J connectivity index is 1.74. The van der Waals surface area contributed by atoms with Crippen LogP contribution in [-0.2, 0) is 17.8 Å². The highest BCUT2D eigenvalue weighted by atomic mass is 32.2. The Kier molecular flexibility index (Phi) is 3.92. The maximum absolute atomic E-state index is 10.8. The van der Waals surface area contributed by atoms with Crippen LogP contribution in [0.3, 0.4) is 0 Å². The number of carbonyl (C=O) groups is 1. The predicted octanol–water partition coefficient (Wildman–Crippen LogP) is 2.17. The van der Waals surface area contributed by atoms with E-state index in [-0.39, 0.29) is 17.6 Å². The lowest BCUT2D eigenvalue weighted by molar-refractivity contribution is -0.138. The number of carboxylic acids is 1. The van der Waals surface area contributed by atoms with Crippen LogP contribution in [0.25, 0.3) is 0 Å². The van der Waals surface area contributed by atoms with Crippen molar-refractivity contribution >= 4 is 17.7 Å². The van der Waals surface area contributed by atoms with Crippen molar-refractivity contribution in [1.82, 2.24) is 20.2 Å². The fraction of sp³-hybridized carbons (Fsp3) is 0.429. The Labute approximate surface area is 126 Å². The largest absolute Gasteiger partial charge is 0.481 e. The zero-order valence-electron chi connectivity index (χ0n) is 11.6. The van der Waals surface area contributed by atoms with Crippen LogP contribution in [0.1, 0.15) is 30.0 Å². The number of aromatic nitrogens is 4. The van der Waals surface area contributed by atoms with Gasteiger partial charge in [-0.15, -0.1) is 16.9 Å². The van der Waals surface area contributed by atoms with Gasteiger partial charge in [0.25, 0.3) is 0 Å². The van der Waals surface area contributed by atoms with Crippen molar-refractivity contribution in [2.45, 2.75) is 36.5 Å². The Hall–Kier alpha value is -1.89. The number of nitrogens with zero attached hydrogens (tertiary/aromatic N) is 4. The Morgan fingerprint density at radius 1 is 1.52 bits per heavy atom. The van der Waals surface area contributed by atoms with E-state index in [0.29, 0.717) is 6.54 Å². The normalized spacial score (nSPS) is 18.4. The van der Waals surface area contributed by atoms with Crippen LogP contribution in [0, 0.1) is 5.92 Å². The molecule has 7 heteroatoms. The molecule has 1 aromatic carbocycles. The van der Waals surface area contributed by atoms with Crippen molar-refractivity contribution in [1.29, 1.82) is 0 Å². The van der Waals surface area contributed by atoms with Crippen molar-refractivity contribution in [3.63, 3.8) is 0 Å². The summed E-state index contributed by atoms with van der Waals surface area (Å²) in [4.78, 5) is 12.0. The molecule has 1 aliphatic rings. The highest BCUT2D eigenvalue weighted by Crippen LogP contribution is 2.45. The number of hydrogen-bond acceptors (Lipinski definition) is 5. The molecular weight excluding hydrogens is 288 g/mol. The number of thioether (sulfide) groups is 1. The van der Waals surface area contributed by atoms with E-state index in [1.54, 1.807) is 16.4 Å². The van der Waals surface area contributed by atoms with E-state index < -0.39 is 5.97 Å². The summed E-state index contributed by atoms with van der Waals surface area (Å²) < 4.78 is 1.75. The smallest absolute Gasteiger partial charge is 0.303 e. The minimum absolute atomic E-state index is 0.00136. The molecule has 1 aromatic heterocycles. The van der Waals surface area contributed by atoms with Gasteiger partial charge in [0, 0.05) is 17.9 Å². The first-order valence-corrected chi connectivity index (χ1v) is 7.74. The maximum atomic E-state index is 10.8. The van der Waals surface area contributed by atoms with Gasteiger partial charge in [-0.25, -0.2) is 4.68 Å². The SMILES string of the molecule is CC(CC(=O)O)Cn1nnnc1C1Cc2ccccc2S1. The van der Waals surface area contributed by atoms with Crippen LogP contribution >= 0.6 is 11.8 Å². The molecule has 2 unspecified atom stereocenters. The van der Waals surface area contributed by atoms with Gasteiger partial charge in [-0.3, -0.25) is 4.79 Å². The summed E-state index contributed by atoms with van der Waals surface area (Å²) in [6, 6.07) is 8.32. The molecule has 110 valence electrons. The zero-order chi connectivity index (χ0) is 14.8. The molecule has 0 radical (unpaired) electrons. The van der Waals surface area contributed by atoms with E-state index in [1.807, 2.05) is 19.1 Å². The first kappa shape index (κ1) is 14.1. The molecule has 1 aliphatic heterocycles.